The summed E-state index contributed by atoms with van der Waals surface area (Å²) in [5, 5.41) is 7.72. The lowest BCUT2D eigenvalue weighted by molar-refractivity contribution is -0.218. The minimum absolute atomic E-state index is 0.222. The first-order valence-electron chi connectivity index (χ1n) is 11.1. The van der Waals surface area contributed by atoms with Crippen molar-refractivity contribution in [3.05, 3.63) is 36.7 Å². The maximum Gasteiger partial charge on any atom is 0.303 e. The summed E-state index contributed by atoms with van der Waals surface area (Å²) in [6.45, 7) is 10.6. The molecule has 0 aromatic carbocycles. The van der Waals surface area contributed by atoms with E-state index in [-0.39, 0.29) is 6.42 Å². The topological polar surface area (TPSA) is 77.9 Å². The molecule has 1 aliphatic heterocycles. The molecule has 2 aliphatic carbocycles. The monoisotopic (exact) mass is 417 g/mol. The fraction of sp³-hybridized carbons (Fsp3) is 0.667. The Kier molecular flexibility index (Phi) is 7.89. The first-order chi connectivity index (χ1) is 14.5. The minimum atomic E-state index is -0.745. The number of carboxylic acids is 1. The number of fused-ring (bicyclic) bond motifs is 3. The summed E-state index contributed by atoms with van der Waals surface area (Å²) in [7, 11) is 0. The predicted molar refractivity (Wildman–Crippen MR) is 114 cm³/mol. The number of pyridine rings is 1. The molecule has 2 heterocycles. The molecule has 6 nitrogen and oxygen atoms in total. The smallest absolute Gasteiger partial charge is 0.303 e. The second-order valence-corrected chi connectivity index (χ2v) is 8.83. The molecule has 2 saturated carbocycles. The molecule has 3 fully saturated rings. The average Bonchev–Trinajstić information content (AvgIpc) is 2.76. The van der Waals surface area contributed by atoms with Gasteiger partial charge in [-0.3, -0.25) is 9.78 Å². The molecule has 1 aromatic rings. The Morgan fingerprint density at radius 3 is 2.80 bits per heavy atom. The number of hydrogen-bond donors (Lipinski definition) is 1. The van der Waals surface area contributed by atoms with Crippen LogP contribution in [0.2, 0.25) is 0 Å². The van der Waals surface area contributed by atoms with Crippen molar-refractivity contribution in [2.45, 2.75) is 58.5 Å². The van der Waals surface area contributed by atoms with Crippen LogP contribution in [-0.2, 0) is 14.3 Å². The van der Waals surface area contributed by atoms with Gasteiger partial charge in [-0.2, -0.15) is 0 Å². The van der Waals surface area contributed by atoms with Crippen molar-refractivity contribution in [3.8, 4) is 5.75 Å². The highest BCUT2D eigenvalue weighted by atomic mass is 16.7. The van der Waals surface area contributed by atoms with Gasteiger partial charge in [0.1, 0.15) is 12.5 Å². The van der Waals surface area contributed by atoms with E-state index in [0.717, 1.165) is 38.2 Å². The van der Waals surface area contributed by atoms with Gasteiger partial charge >= 0.3 is 5.97 Å². The molecule has 1 aromatic heterocycles. The van der Waals surface area contributed by atoms with Gasteiger partial charge in [-0.25, -0.2) is 0 Å². The van der Waals surface area contributed by atoms with Crippen LogP contribution in [0, 0.1) is 23.2 Å². The van der Waals surface area contributed by atoms with Gasteiger partial charge in [0.15, 0.2) is 0 Å². The normalized spacial score (nSPS) is 32.8. The number of allylic oxidation sites excluding steroid dienone is 1. The largest absolute Gasteiger partial charge is 0.493 e. The van der Waals surface area contributed by atoms with Crippen molar-refractivity contribution in [2.24, 2.45) is 23.2 Å². The average molecular weight is 418 g/mol. The SMILES string of the molecule is C=C1CCC2C3COCOC3CCC2(C)C1CCOc1ccncc1.CCC(=O)O. The van der Waals surface area contributed by atoms with Crippen LogP contribution in [-0.4, -0.2) is 42.2 Å². The van der Waals surface area contributed by atoms with Gasteiger partial charge in [-0.1, -0.05) is 26.0 Å². The summed E-state index contributed by atoms with van der Waals surface area (Å²) < 4.78 is 17.5. The Balaban J connectivity index is 0.000000461. The van der Waals surface area contributed by atoms with E-state index in [0.29, 0.717) is 36.1 Å². The zero-order chi connectivity index (χ0) is 21.6. The molecule has 3 aliphatic rings. The second-order valence-electron chi connectivity index (χ2n) is 8.83. The minimum Gasteiger partial charge on any atom is -0.493 e. The van der Waals surface area contributed by atoms with Crippen LogP contribution in [0.3, 0.4) is 0 Å². The zero-order valence-corrected chi connectivity index (χ0v) is 18.2. The Morgan fingerprint density at radius 2 is 2.10 bits per heavy atom. The molecule has 0 spiro atoms. The molecule has 0 radical (unpaired) electrons. The predicted octanol–water partition coefficient (Wildman–Crippen LogP) is 4.70. The van der Waals surface area contributed by atoms with E-state index >= 15 is 0 Å². The molecule has 166 valence electrons. The van der Waals surface area contributed by atoms with E-state index < -0.39 is 5.97 Å². The highest BCUT2D eigenvalue weighted by molar-refractivity contribution is 5.66. The highest BCUT2D eigenvalue weighted by Gasteiger charge is 2.53. The van der Waals surface area contributed by atoms with E-state index in [9.17, 15) is 4.79 Å². The fourth-order valence-corrected chi connectivity index (χ4v) is 5.57. The van der Waals surface area contributed by atoms with Crippen molar-refractivity contribution in [2.75, 3.05) is 20.0 Å². The lowest BCUT2D eigenvalue weighted by Crippen LogP contribution is -2.54. The number of aromatic nitrogens is 1. The van der Waals surface area contributed by atoms with Crippen molar-refractivity contribution < 1.29 is 24.1 Å². The number of ether oxygens (including phenoxy) is 3. The Bertz CT molecular complexity index is 709. The lowest BCUT2D eigenvalue weighted by Gasteiger charge is -2.57. The Hall–Kier alpha value is -1.92. The molecule has 30 heavy (non-hydrogen) atoms. The molecule has 0 amide bonds. The van der Waals surface area contributed by atoms with Crippen LogP contribution in [0.15, 0.2) is 36.7 Å². The van der Waals surface area contributed by atoms with Crippen LogP contribution >= 0.6 is 0 Å². The molecule has 1 N–H and O–H groups in total. The van der Waals surface area contributed by atoms with Crippen LogP contribution in [0.4, 0.5) is 0 Å². The number of nitrogens with zero attached hydrogens (tertiary/aromatic N) is 1. The standard InChI is InChI=1S/C21H29NO3.C3H6O2/c1-15-3-4-19-17-13-23-14-25-20(17)5-9-21(19,2)18(15)8-12-24-16-6-10-22-11-7-16;1-2-3(4)5/h6-7,10-11,17-20H,1,3-5,8-9,12-14H2,2H3;2H2,1H3,(H,4,5). The van der Waals surface area contributed by atoms with Crippen molar-refractivity contribution in [1.29, 1.82) is 0 Å². The van der Waals surface area contributed by atoms with Gasteiger partial charge in [0, 0.05) is 24.7 Å². The molecule has 1 saturated heterocycles. The van der Waals surface area contributed by atoms with E-state index in [1.807, 2.05) is 12.1 Å². The van der Waals surface area contributed by atoms with Crippen molar-refractivity contribution >= 4 is 5.97 Å². The molecule has 0 bridgehead atoms. The molecule has 4 rings (SSSR count). The molecular formula is C24H35NO5. The van der Waals surface area contributed by atoms with Gasteiger partial charge in [0.25, 0.3) is 0 Å². The quantitative estimate of drug-likeness (QED) is 0.700. The van der Waals surface area contributed by atoms with E-state index in [4.69, 9.17) is 19.3 Å². The molecule has 5 atom stereocenters. The summed E-state index contributed by atoms with van der Waals surface area (Å²) in [5.74, 6) is 1.89. The van der Waals surface area contributed by atoms with Crippen molar-refractivity contribution in [1.82, 2.24) is 4.98 Å². The number of carbonyl (C=O) groups is 1. The Morgan fingerprint density at radius 1 is 1.37 bits per heavy atom. The third-order valence-corrected chi connectivity index (χ3v) is 7.18. The summed E-state index contributed by atoms with van der Waals surface area (Å²) in [4.78, 5) is 13.4. The summed E-state index contributed by atoms with van der Waals surface area (Å²) in [6.07, 6.45) is 9.93. The lowest BCUT2D eigenvalue weighted by atomic mass is 9.50. The number of rotatable bonds is 5. The number of carboxylic acid groups (broad SMARTS) is 1. The highest BCUT2D eigenvalue weighted by Crippen LogP contribution is 2.58. The number of aliphatic carboxylic acids is 1. The van der Waals surface area contributed by atoms with Crippen LogP contribution in [0.25, 0.3) is 0 Å². The summed E-state index contributed by atoms with van der Waals surface area (Å²) in [6, 6.07) is 3.84. The van der Waals surface area contributed by atoms with Gasteiger partial charge in [-0.05, 0) is 61.5 Å². The van der Waals surface area contributed by atoms with Crippen LogP contribution in [0.1, 0.15) is 52.4 Å². The van der Waals surface area contributed by atoms with Gasteiger partial charge in [0.2, 0.25) is 0 Å². The van der Waals surface area contributed by atoms with E-state index in [2.05, 4.69) is 18.5 Å². The van der Waals surface area contributed by atoms with E-state index in [1.54, 1.807) is 19.3 Å². The fourth-order valence-electron chi connectivity index (χ4n) is 5.57. The Labute approximate surface area is 179 Å². The maximum atomic E-state index is 9.37. The first kappa shape index (κ1) is 22.8. The summed E-state index contributed by atoms with van der Waals surface area (Å²) in [5.41, 5.74) is 1.70. The van der Waals surface area contributed by atoms with Gasteiger partial charge < -0.3 is 19.3 Å². The maximum absolute atomic E-state index is 9.37. The summed E-state index contributed by atoms with van der Waals surface area (Å²) >= 11 is 0. The first-order valence-corrected chi connectivity index (χ1v) is 11.1. The second kappa shape index (κ2) is 10.4. The van der Waals surface area contributed by atoms with Gasteiger partial charge in [-0.15, -0.1) is 0 Å². The molecular weight excluding hydrogens is 382 g/mol. The van der Waals surface area contributed by atoms with E-state index in [1.165, 1.54) is 18.4 Å². The molecule has 5 unspecified atom stereocenters. The third kappa shape index (κ3) is 5.22. The van der Waals surface area contributed by atoms with Crippen molar-refractivity contribution in [3.63, 3.8) is 0 Å². The zero-order valence-electron chi connectivity index (χ0n) is 18.2. The van der Waals surface area contributed by atoms with Crippen LogP contribution in [0.5, 0.6) is 5.75 Å². The van der Waals surface area contributed by atoms with Crippen LogP contribution < -0.4 is 4.74 Å². The molecule has 6 heteroatoms. The number of hydrogen-bond acceptors (Lipinski definition) is 5. The van der Waals surface area contributed by atoms with Gasteiger partial charge in [0.05, 0.1) is 19.3 Å². The third-order valence-electron chi connectivity index (χ3n) is 7.18.